The van der Waals surface area contributed by atoms with Gasteiger partial charge < -0.3 is 11.1 Å². The molecule has 0 aliphatic carbocycles. The first-order valence-corrected chi connectivity index (χ1v) is 9.67. The van der Waals surface area contributed by atoms with Gasteiger partial charge in [0, 0.05) is 35.9 Å². The quantitative estimate of drug-likeness (QED) is 0.827. The molecule has 1 aliphatic rings. The van der Waals surface area contributed by atoms with Crippen LogP contribution in [0.2, 0.25) is 0 Å². The standard InChI is InChI=1S/C14H23N3O3S2/c1-10-8-13(11(2)21-10)22(19,20)17-7-3-4-12(9-17)14(18)16-6-5-15/h8,12H,3-7,9,15H2,1-2H3,(H,16,18). The van der Waals surface area contributed by atoms with Gasteiger partial charge in [-0.25, -0.2) is 8.42 Å². The van der Waals surface area contributed by atoms with Gasteiger partial charge in [-0.2, -0.15) is 4.31 Å². The lowest BCUT2D eigenvalue weighted by molar-refractivity contribution is -0.126. The van der Waals surface area contributed by atoms with E-state index in [2.05, 4.69) is 5.32 Å². The highest BCUT2D eigenvalue weighted by Crippen LogP contribution is 2.30. The van der Waals surface area contributed by atoms with Crippen LogP contribution in [0.15, 0.2) is 11.0 Å². The van der Waals surface area contributed by atoms with Gasteiger partial charge in [0.25, 0.3) is 0 Å². The molecule has 2 rings (SSSR count). The van der Waals surface area contributed by atoms with Crippen molar-refractivity contribution >= 4 is 27.3 Å². The van der Waals surface area contributed by atoms with Crippen molar-refractivity contribution in [2.24, 2.45) is 11.7 Å². The lowest BCUT2D eigenvalue weighted by Gasteiger charge is -2.31. The van der Waals surface area contributed by atoms with Gasteiger partial charge in [-0.15, -0.1) is 11.3 Å². The van der Waals surface area contributed by atoms with E-state index in [0.717, 1.165) is 9.75 Å². The number of amides is 1. The second-order valence-electron chi connectivity index (χ2n) is 5.56. The Morgan fingerprint density at radius 2 is 2.23 bits per heavy atom. The van der Waals surface area contributed by atoms with Crippen LogP contribution in [0.4, 0.5) is 0 Å². The highest BCUT2D eigenvalue weighted by Gasteiger charge is 2.34. The Bertz CT molecular complexity index is 640. The van der Waals surface area contributed by atoms with Crippen LogP contribution in [-0.2, 0) is 14.8 Å². The van der Waals surface area contributed by atoms with Crippen LogP contribution < -0.4 is 11.1 Å². The summed E-state index contributed by atoms with van der Waals surface area (Å²) in [5, 5.41) is 2.75. The number of hydrogen-bond acceptors (Lipinski definition) is 5. The van der Waals surface area contributed by atoms with E-state index in [9.17, 15) is 13.2 Å². The summed E-state index contributed by atoms with van der Waals surface area (Å²) in [6.07, 6.45) is 1.41. The summed E-state index contributed by atoms with van der Waals surface area (Å²) in [6, 6.07) is 1.72. The molecule has 0 radical (unpaired) electrons. The van der Waals surface area contributed by atoms with Gasteiger partial charge in [0.1, 0.15) is 0 Å². The van der Waals surface area contributed by atoms with E-state index in [1.165, 1.54) is 15.6 Å². The monoisotopic (exact) mass is 345 g/mol. The van der Waals surface area contributed by atoms with Gasteiger partial charge in [0.15, 0.2) is 0 Å². The van der Waals surface area contributed by atoms with Gasteiger partial charge >= 0.3 is 0 Å². The highest BCUT2D eigenvalue weighted by atomic mass is 32.2. The van der Waals surface area contributed by atoms with E-state index in [0.29, 0.717) is 37.4 Å². The number of nitrogens with one attached hydrogen (secondary N) is 1. The van der Waals surface area contributed by atoms with Crippen LogP contribution in [0.3, 0.4) is 0 Å². The first-order valence-electron chi connectivity index (χ1n) is 7.41. The van der Waals surface area contributed by atoms with Crippen molar-refractivity contribution in [2.45, 2.75) is 31.6 Å². The maximum absolute atomic E-state index is 12.8. The van der Waals surface area contributed by atoms with Crippen LogP contribution in [0.25, 0.3) is 0 Å². The number of nitrogens with two attached hydrogens (primary N) is 1. The normalized spacial score (nSPS) is 20.0. The molecule has 22 heavy (non-hydrogen) atoms. The molecule has 1 aliphatic heterocycles. The van der Waals surface area contributed by atoms with Crippen molar-refractivity contribution in [3.63, 3.8) is 0 Å². The number of hydrogen-bond donors (Lipinski definition) is 2. The Balaban J connectivity index is 2.14. The van der Waals surface area contributed by atoms with E-state index in [4.69, 9.17) is 5.73 Å². The second kappa shape index (κ2) is 7.08. The maximum Gasteiger partial charge on any atom is 0.244 e. The van der Waals surface area contributed by atoms with Crippen molar-refractivity contribution in [3.8, 4) is 0 Å². The summed E-state index contributed by atoms with van der Waals surface area (Å²) in [5.41, 5.74) is 5.38. The van der Waals surface area contributed by atoms with Crippen LogP contribution in [0, 0.1) is 19.8 Å². The molecule has 1 aromatic heterocycles. The zero-order valence-electron chi connectivity index (χ0n) is 13.0. The Labute approximate surface area is 135 Å². The summed E-state index contributed by atoms with van der Waals surface area (Å²) >= 11 is 1.48. The fourth-order valence-corrected chi connectivity index (χ4v) is 5.76. The number of sulfonamides is 1. The zero-order chi connectivity index (χ0) is 16.3. The molecule has 1 amide bonds. The van der Waals surface area contributed by atoms with Crippen LogP contribution in [0.5, 0.6) is 0 Å². The van der Waals surface area contributed by atoms with Crippen LogP contribution in [-0.4, -0.2) is 44.8 Å². The molecule has 3 N–H and O–H groups in total. The van der Waals surface area contributed by atoms with Gasteiger partial charge in [-0.05, 0) is 32.8 Å². The minimum absolute atomic E-state index is 0.108. The first-order chi connectivity index (χ1) is 10.4. The van der Waals surface area contributed by atoms with E-state index in [-0.39, 0.29) is 18.4 Å². The molecular weight excluding hydrogens is 322 g/mol. The summed E-state index contributed by atoms with van der Waals surface area (Å²) in [7, 11) is -3.52. The Hall–Kier alpha value is -0.960. The molecule has 1 aromatic rings. The molecule has 8 heteroatoms. The van der Waals surface area contributed by atoms with Crippen molar-refractivity contribution in [1.29, 1.82) is 0 Å². The smallest absolute Gasteiger partial charge is 0.244 e. The number of carbonyl (C=O) groups excluding carboxylic acids is 1. The Morgan fingerprint density at radius 1 is 1.50 bits per heavy atom. The first kappa shape index (κ1) is 17.4. The molecule has 6 nitrogen and oxygen atoms in total. The third-order valence-corrected chi connectivity index (χ3v) is 6.90. The third kappa shape index (κ3) is 3.68. The highest BCUT2D eigenvalue weighted by molar-refractivity contribution is 7.89. The number of thiophene rings is 1. The Morgan fingerprint density at radius 3 is 2.82 bits per heavy atom. The second-order valence-corrected chi connectivity index (χ2v) is 8.93. The molecule has 0 bridgehead atoms. The largest absolute Gasteiger partial charge is 0.355 e. The summed E-state index contributed by atoms with van der Waals surface area (Å²) in [6.45, 7) is 5.24. The average molecular weight is 345 g/mol. The minimum atomic E-state index is -3.52. The predicted octanol–water partition coefficient (Wildman–Crippen LogP) is 0.841. The Kier molecular flexibility index (Phi) is 5.60. The minimum Gasteiger partial charge on any atom is -0.355 e. The molecule has 1 atom stereocenters. The molecule has 1 saturated heterocycles. The van der Waals surface area contributed by atoms with Crippen LogP contribution >= 0.6 is 11.3 Å². The number of aryl methyl sites for hydroxylation is 2. The zero-order valence-corrected chi connectivity index (χ0v) is 14.6. The summed E-state index contributed by atoms with van der Waals surface area (Å²) in [5.74, 6) is -0.404. The number of piperidine rings is 1. The van der Waals surface area contributed by atoms with E-state index < -0.39 is 10.0 Å². The van der Waals surface area contributed by atoms with Crippen molar-refractivity contribution < 1.29 is 13.2 Å². The molecule has 0 saturated carbocycles. The third-order valence-electron chi connectivity index (χ3n) is 3.81. The predicted molar refractivity (Wildman–Crippen MR) is 87.3 cm³/mol. The molecule has 2 heterocycles. The summed E-state index contributed by atoms with van der Waals surface area (Å²) < 4.78 is 27.0. The van der Waals surface area contributed by atoms with Gasteiger partial charge in [-0.1, -0.05) is 0 Å². The molecule has 1 fully saturated rings. The molecule has 1 unspecified atom stereocenters. The SMILES string of the molecule is Cc1cc(S(=O)(=O)N2CCCC(C(=O)NCCN)C2)c(C)s1. The summed E-state index contributed by atoms with van der Waals surface area (Å²) in [4.78, 5) is 14.2. The van der Waals surface area contributed by atoms with E-state index in [1.807, 2.05) is 13.8 Å². The fraction of sp³-hybridized carbons (Fsp3) is 0.643. The van der Waals surface area contributed by atoms with Gasteiger partial charge in [0.2, 0.25) is 15.9 Å². The molecular formula is C14H23N3O3S2. The average Bonchev–Trinajstić information content (AvgIpc) is 2.84. The van der Waals surface area contributed by atoms with Crippen molar-refractivity contribution in [3.05, 3.63) is 15.8 Å². The fourth-order valence-electron chi connectivity index (χ4n) is 2.72. The number of rotatable bonds is 5. The van der Waals surface area contributed by atoms with Gasteiger partial charge in [-0.3, -0.25) is 4.79 Å². The maximum atomic E-state index is 12.8. The number of nitrogens with zero attached hydrogens (tertiary/aromatic N) is 1. The van der Waals surface area contributed by atoms with Crippen LogP contribution in [0.1, 0.15) is 22.6 Å². The van der Waals surface area contributed by atoms with Gasteiger partial charge in [0.05, 0.1) is 10.8 Å². The molecule has 0 aromatic carbocycles. The number of carbonyl (C=O) groups is 1. The molecule has 124 valence electrons. The lowest BCUT2D eigenvalue weighted by atomic mass is 9.99. The van der Waals surface area contributed by atoms with E-state index in [1.54, 1.807) is 6.07 Å². The van der Waals surface area contributed by atoms with Crippen molar-refractivity contribution in [2.75, 3.05) is 26.2 Å². The van der Waals surface area contributed by atoms with Crippen molar-refractivity contribution in [1.82, 2.24) is 9.62 Å². The molecule has 0 spiro atoms. The lowest BCUT2D eigenvalue weighted by Crippen LogP contribution is -2.46. The van der Waals surface area contributed by atoms with E-state index >= 15 is 0 Å². The topological polar surface area (TPSA) is 92.5 Å².